The van der Waals surface area contributed by atoms with E-state index in [1.807, 2.05) is 6.07 Å². The molecule has 23 heavy (non-hydrogen) atoms. The van der Waals surface area contributed by atoms with Crippen LogP contribution in [0, 0.1) is 0 Å². The fraction of sp³-hybridized carbons (Fsp3) is 0.529. The number of methoxy groups -OCH3 is 1. The number of benzene rings is 1. The zero-order valence-corrected chi connectivity index (χ0v) is 14.3. The van der Waals surface area contributed by atoms with Gasteiger partial charge in [-0.25, -0.2) is 4.79 Å². The summed E-state index contributed by atoms with van der Waals surface area (Å²) in [5.74, 6) is 0.249. The minimum Gasteiger partial charge on any atom is -0.497 e. The van der Waals surface area contributed by atoms with Crippen molar-refractivity contribution in [1.82, 2.24) is 5.32 Å². The Morgan fingerprint density at radius 2 is 1.96 bits per heavy atom. The first-order valence-corrected chi connectivity index (χ1v) is 7.54. The number of nitrogens with one attached hydrogen (secondary N) is 1. The molecule has 6 nitrogen and oxygen atoms in total. The third kappa shape index (κ3) is 7.04. The first kappa shape index (κ1) is 18.8. The van der Waals surface area contributed by atoms with Crippen LogP contribution in [0.1, 0.15) is 45.7 Å². The second-order valence-electron chi connectivity index (χ2n) is 5.98. The second kappa shape index (κ2) is 8.41. The first-order chi connectivity index (χ1) is 10.7. The molecule has 0 fully saturated rings. The molecular formula is C17H25NO5. The molecule has 0 spiro atoms. The lowest BCUT2D eigenvalue weighted by Gasteiger charge is -2.23. The molecule has 0 aliphatic rings. The van der Waals surface area contributed by atoms with Crippen molar-refractivity contribution in [1.29, 1.82) is 0 Å². The van der Waals surface area contributed by atoms with E-state index < -0.39 is 23.7 Å². The van der Waals surface area contributed by atoms with Gasteiger partial charge in [-0.3, -0.25) is 4.79 Å². The molecule has 1 atom stereocenters. The minimum atomic E-state index is -0.618. The van der Waals surface area contributed by atoms with E-state index in [-0.39, 0.29) is 13.0 Å². The standard InChI is InChI=1S/C17H25NO5/c1-6-22-15(19)11-14(18-16(20)23-17(2,3)4)12-8-7-9-13(10-12)21-5/h7-10,14H,6,11H2,1-5H3,(H,18,20). The molecule has 0 saturated heterocycles. The van der Waals surface area contributed by atoms with E-state index in [0.717, 1.165) is 5.56 Å². The molecule has 1 amide bonds. The molecule has 1 N–H and O–H groups in total. The molecule has 0 radical (unpaired) electrons. The molecule has 0 aliphatic carbocycles. The van der Waals surface area contributed by atoms with Gasteiger partial charge in [-0.15, -0.1) is 0 Å². The molecule has 0 aromatic heterocycles. The molecule has 1 aromatic rings. The fourth-order valence-electron chi connectivity index (χ4n) is 1.95. The maximum atomic E-state index is 12.0. The number of ether oxygens (including phenoxy) is 3. The van der Waals surface area contributed by atoms with Gasteiger partial charge in [0.2, 0.25) is 0 Å². The van der Waals surface area contributed by atoms with Gasteiger partial charge in [-0.1, -0.05) is 12.1 Å². The van der Waals surface area contributed by atoms with Gasteiger partial charge in [0.1, 0.15) is 11.4 Å². The van der Waals surface area contributed by atoms with Crippen LogP contribution in [0.3, 0.4) is 0 Å². The van der Waals surface area contributed by atoms with Crippen LogP contribution in [-0.4, -0.2) is 31.4 Å². The smallest absolute Gasteiger partial charge is 0.408 e. The van der Waals surface area contributed by atoms with Crippen molar-refractivity contribution in [2.45, 2.75) is 45.8 Å². The Balaban J connectivity index is 2.92. The van der Waals surface area contributed by atoms with Crippen LogP contribution in [0.15, 0.2) is 24.3 Å². The van der Waals surface area contributed by atoms with Gasteiger partial charge >= 0.3 is 12.1 Å². The van der Waals surface area contributed by atoms with E-state index in [4.69, 9.17) is 14.2 Å². The summed E-state index contributed by atoms with van der Waals surface area (Å²) in [4.78, 5) is 23.8. The highest BCUT2D eigenvalue weighted by Crippen LogP contribution is 2.23. The molecule has 1 rings (SSSR count). The fourth-order valence-corrected chi connectivity index (χ4v) is 1.95. The van der Waals surface area contributed by atoms with Gasteiger partial charge in [0.25, 0.3) is 0 Å². The molecule has 0 bridgehead atoms. The highest BCUT2D eigenvalue weighted by molar-refractivity contribution is 5.73. The van der Waals surface area contributed by atoms with Crippen molar-refractivity contribution in [3.05, 3.63) is 29.8 Å². The van der Waals surface area contributed by atoms with Gasteiger partial charge in [-0.05, 0) is 45.4 Å². The summed E-state index contributed by atoms with van der Waals surface area (Å²) in [6.07, 6.45) is -0.574. The Hall–Kier alpha value is -2.24. The van der Waals surface area contributed by atoms with Crippen molar-refractivity contribution >= 4 is 12.1 Å². The van der Waals surface area contributed by atoms with Gasteiger partial charge in [0.05, 0.1) is 26.2 Å². The lowest BCUT2D eigenvalue weighted by molar-refractivity contribution is -0.143. The third-order valence-corrected chi connectivity index (χ3v) is 2.86. The summed E-state index contributed by atoms with van der Waals surface area (Å²) < 4.78 is 15.4. The lowest BCUT2D eigenvalue weighted by atomic mass is 10.0. The van der Waals surface area contributed by atoms with Gasteiger partial charge in [0.15, 0.2) is 0 Å². The number of amides is 1. The van der Waals surface area contributed by atoms with Crippen LogP contribution in [0.25, 0.3) is 0 Å². The van der Waals surface area contributed by atoms with Crippen LogP contribution >= 0.6 is 0 Å². The van der Waals surface area contributed by atoms with Crippen LogP contribution < -0.4 is 10.1 Å². The quantitative estimate of drug-likeness (QED) is 0.814. The summed E-state index contributed by atoms with van der Waals surface area (Å²) in [6, 6.07) is 6.60. The molecular weight excluding hydrogens is 298 g/mol. The summed E-state index contributed by atoms with van der Waals surface area (Å²) in [5, 5.41) is 2.71. The number of carbonyl (C=O) groups excluding carboxylic acids is 2. The van der Waals surface area contributed by atoms with E-state index in [9.17, 15) is 9.59 Å². The molecule has 1 aromatic carbocycles. The molecule has 0 saturated carbocycles. The Kier molecular flexibility index (Phi) is 6.88. The molecule has 6 heteroatoms. The van der Waals surface area contributed by atoms with Crippen LogP contribution in [0.2, 0.25) is 0 Å². The van der Waals surface area contributed by atoms with Crippen molar-refractivity contribution in [2.75, 3.05) is 13.7 Å². The van der Waals surface area contributed by atoms with E-state index in [2.05, 4.69) is 5.32 Å². The normalized spacial score (nSPS) is 12.2. The monoisotopic (exact) mass is 323 g/mol. The maximum Gasteiger partial charge on any atom is 0.408 e. The van der Waals surface area contributed by atoms with E-state index >= 15 is 0 Å². The average Bonchev–Trinajstić information content (AvgIpc) is 2.45. The number of hydrogen-bond acceptors (Lipinski definition) is 5. The average molecular weight is 323 g/mol. The van der Waals surface area contributed by atoms with Crippen molar-refractivity contribution < 1.29 is 23.8 Å². The zero-order chi connectivity index (χ0) is 17.5. The largest absolute Gasteiger partial charge is 0.497 e. The predicted molar refractivity (Wildman–Crippen MR) is 86.4 cm³/mol. The van der Waals surface area contributed by atoms with Crippen molar-refractivity contribution in [2.24, 2.45) is 0 Å². The summed E-state index contributed by atoms with van der Waals surface area (Å²) in [6.45, 7) is 7.35. The SMILES string of the molecule is CCOC(=O)CC(NC(=O)OC(C)(C)C)c1cccc(OC)c1. The number of alkyl carbamates (subject to hydrolysis) is 1. The number of esters is 1. The first-order valence-electron chi connectivity index (χ1n) is 7.54. The minimum absolute atomic E-state index is 0.0141. The van der Waals surface area contributed by atoms with E-state index in [0.29, 0.717) is 5.75 Å². The Labute approximate surface area is 137 Å². The van der Waals surface area contributed by atoms with E-state index in [1.54, 1.807) is 53.0 Å². The van der Waals surface area contributed by atoms with Gasteiger partial charge in [0, 0.05) is 0 Å². The molecule has 1 unspecified atom stereocenters. The Morgan fingerprint density at radius 1 is 1.26 bits per heavy atom. The molecule has 128 valence electrons. The van der Waals surface area contributed by atoms with Crippen molar-refractivity contribution in [3.63, 3.8) is 0 Å². The lowest BCUT2D eigenvalue weighted by Crippen LogP contribution is -2.36. The number of carbonyl (C=O) groups is 2. The Morgan fingerprint density at radius 3 is 2.52 bits per heavy atom. The number of rotatable bonds is 6. The van der Waals surface area contributed by atoms with Gasteiger partial charge in [-0.2, -0.15) is 0 Å². The zero-order valence-electron chi connectivity index (χ0n) is 14.3. The third-order valence-electron chi connectivity index (χ3n) is 2.86. The van der Waals surface area contributed by atoms with E-state index in [1.165, 1.54) is 0 Å². The second-order valence-corrected chi connectivity index (χ2v) is 5.98. The molecule has 0 aliphatic heterocycles. The highest BCUT2D eigenvalue weighted by Gasteiger charge is 2.23. The topological polar surface area (TPSA) is 73.9 Å². The highest BCUT2D eigenvalue weighted by atomic mass is 16.6. The predicted octanol–water partition coefficient (Wildman–Crippen LogP) is 3.21. The molecule has 0 heterocycles. The number of hydrogen-bond donors (Lipinski definition) is 1. The van der Waals surface area contributed by atoms with Gasteiger partial charge < -0.3 is 19.5 Å². The van der Waals surface area contributed by atoms with Crippen LogP contribution in [-0.2, 0) is 14.3 Å². The summed E-state index contributed by atoms with van der Waals surface area (Å²) in [7, 11) is 1.56. The maximum absolute atomic E-state index is 12.0. The summed E-state index contributed by atoms with van der Waals surface area (Å²) in [5.41, 5.74) is 0.121. The summed E-state index contributed by atoms with van der Waals surface area (Å²) >= 11 is 0. The van der Waals surface area contributed by atoms with Crippen LogP contribution in [0.4, 0.5) is 4.79 Å². The Bertz CT molecular complexity index is 536. The van der Waals surface area contributed by atoms with Crippen LogP contribution in [0.5, 0.6) is 5.75 Å². The van der Waals surface area contributed by atoms with Crippen molar-refractivity contribution in [3.8, 4) is 5.75 Å².